The van der Waals surface area contributed by atoms with Crippen LogP contribution >= 0.6 is 11.3 Å². The van der Waals surface area contributed by atoms with Gasteiger partial charge in [0.25, 0.3) is 0 Å². The third kappa shape index (κ3) is 3.34. The van der Waals surface area contributed by atoms with Crippen LogP contribution in [0.25, 0.3) is 10.2 Å². The summed E-state index contributed by atoms with van der Waals surface area (Å²) in [5.74, 6) is -0.485. The predicted octanol–water partition coefficient (Wildman–Crippen LogP) is 0.887. The number of carbonyl (C=O) groups is 3. The fourth-order valence-electron chi connectivity index (χ4n) is 3.23. The Morgan fingerprint density at radius 1 is 1.15 bits per heavy atom. The van der Waals surface area contributed by atoms with Crippen molar-refractivity contribution in [3.05, 3.63) is 24.3 Å². The highest BCUT2D eigenvalue weighted by molar-refractivity contribution is 7.22. The Kier molecular flexibility index (Phi) is 4.46. The molecule has 2 aliphatic rings. The van der Waals surface area contributed by atoms with E-state index in [9.17, 15) is 14.4 Å². The van der Waals surface area contributed by atoms with Crippen LogP contribution in [0.15, 0.2) is 24.3 Å². The maximum absolute atomic E-state index is 12.5. The molecule has 2 aromatic rings. The lowest BCUT2D eigenvalue weighted by molar-refractivity contribution is -0.131. The van der Waals surface area contributed by atoms with Crippen LogP contribution in [-0.4, -0.2) is 71.9 Å². The highest BCUT2D eigenvalue weighted by Gasteiger charge is 2.30. The number of benzene rings is 1. The van der Waals surface area contributed by atoms with Gasteiger partial charge in [-0.05, 0) is 18.6 Å². The Labute approximate surface area is 154 Å². The van der Waals surface area contributed by atoms with Gasteiger partial charge >= 0.3 is 6.03 Å². The molecule has 0 unspecified atom stereocenters. The molecule has 0 atom stereocenters. The van der Waals surface area contributed by atoms with E-state index in [-0.39, 0.29) is 24.9 Å². The SMILES string of the molecule is O=C1CN(CC(=O)N2CCCN(c3nc4ccccc4s3)CC2)C(=O)N1. The minimum atomic E-state index is -0.491. The topological polar surface area (TPSA) is 85.9 Å². The molecule has 26 heavy (non-hydrogen) atoms. The summed E-state index contributed by atoms with van der Waals surface area (Å²) >= 11 is 1.66. The zero-order valence-electron chi connectivity index (χ0n) is 14.2. The summed E-state index contributed by atoms with van der Waals surface area (Å²) < 4.78 is 1.16. The normalized spacial score (nSPS) is 18.4. The molecule has 1 aromatic carbocycles. The van der Waals surface area contributed by atoms with Crippen LogP contribution in [0.1, 0.15) is 6.42 Å². The second-order valence-corrected chi connectivity index (χ2v) is 7.40. The first kappa shape index (κ1) is 16.8. The molecule has 4 rings (SSSR count). The van der Waals surface area contributed by atoms with Gasteiger partial charge in [0, 0.05) is 26.2 Å². The van der Waals surface area contributed by atoms with E-state index in [0.29, 0.717) is 19.6 Å². The smallest absolute Gasteiger partial charge is 0.325 e. The van der Waals surface area contributed by atoms with Crippen molar-refractivity contribution in [3.8, 4) is 0 Å². The first-order valence-electron chi connectivity index (χ1n) is 8.57. The van der Waals surface area contributed by atoms with E-state index in [4.69, 9.17) is 4.98 Å². The molecule has 1 N–H and O–H groups in total. The van der Waals surface area contributed by atoms with Gasteiger partial charge < -0.3 is 14.7 Å². The lowest BCUT2D eigenvalue weighted by Gasteiger charge is -2.23. The van der Waals surface area contributed by atoms with Crippen LogP contribution < -0.4 is 10.2 Å². The van der Waals surface area contributed by atoms with Crippen LogP contribution in [0.2, 0.25) is 0 Å². The molecule has 1 aromatic heterocycles. The molecule has 0 bridgehead atoms. The molecule has 9 heteroatoms. The maximum Gasteiger partial charge on any atom is 0.325 e. The van der Waals surface area contributed by atoms with Gasteiger partial charge in [-0.3, -0.25) is 14.9 Å². The molecule has 8 nitrogen and oxygen atoms in total. The highest BCUT2D eigenvalue weighted by Crippen LogP contribution is 2.29. The molecule has 4 amide bonds. The minimum absolute atomic E-state index is 0.0454. The van der Waals surface area contributed by atoms with Crippen molar-refractivity contribution in [1.29, 1.82) is 0 Å². The van der Waals surface area contributed by atoms with Crippen LogP contribution in [0, 0.1) is 0 Å². The number of rotatable bonds is 3. The maximum atomic E-state index is 12.5. The molecule has 136 valence electrons. The number of carbonyl (C=O) groups excluding carboxylic acids is 3. The summed E-state index contributed by atoms with van der Waals surface area (Å²) in [7, 11) is 0. The van der Waals surface area contributed by atoms with Gasteiger partial charge in [-0.25, -0.2) is 9.78 Å². The summed E-state index contributed by atoms with van der Waals surface area (Å²) in [6.07, 6.45) is 0.840. The Hall–Kier alpha value is -2.68. The number of nitrogens with zero attached hydrogens (tertiary/aromatic N) is 4. The first-order valence-corrected chi connectivity index (χ1v) is 9.39. The number of urea groups is 1. The summed E-state index contributed by atoms with van der Waals surface area (Å²) in [5, 5.41) is 3.17. The van der Waals surface area contributed by atoms with E-state index < -0.39 is 6.03 Å². The number of thiazole rings is 1. The van der Waals surface area contributed by atoms with Gasteiger partial charge in [0.2, 0.25) is 11.8 Å². The Morgan fingerprint density at radius 3 is 2.77 bits per heavy atom. The number of nitrogens with one attached hydrogen (secondary N) is 1. The molecule has 3 heterocycles. The van der Waals surface area contributed by atoms with Crippen molar-refractivity contribution in [2.24, 2.45) is 0 Å². The Balaban J connectivity index is 1.39. The molecule has 0 spiro atoms. The highest BCUT2D eigenvalue weighted by atomic mass is 32.1. The van der Waals surface area contributed by atoms with Crippen molar-refractivity contribution < 1.29 is 14.4 Å². The Bertz CT molecular complexity index is 834. The third-order valence-corrected chi connectivity index (χ3v) is 5.69. The van der Waals surface area contributed by atoms with Crippen molar-refractivity contribution in [3.63, 3.8) is 0 Å². The summed E-state index contributed by atoms with van der Waals surface area (Å²) in [6.45, 7) is 2.67. The van der Waals surface area contributed by atoms with Gasteiger partial charge in [0.1, 0.15) is 13.1 Å². The molecule has 2 fully saturated rings. The van der Waals surface area contributed by atoms with Crippen molar-refractivity contribution in [2.45, 2.75) is 6.42 Å². The number of aromatic nitrogens is 1. The monoisotopic (exact) mass is 373 g/mol. The summed E-state index contributed by atoms with van der Waals surface area (Å²) in [5.41, 5.74) is 0.995. The Morgan fingerprint density at radius 2 is 2.00 bits per heavy atom. The van der Waals surface area contributed by atoms with Gasteiger partial charge in [0.15, 0.2) is 5.13 Å². The van der Waals surface area contributed by atoms with Crippen LogP contribution in [0.3, 0.4) is 0 Å². The van der Waals surface area contributed by atoms with Crippen LogP contribution in [0.5, 0.6) is 0 Å². The molecule has 2 saturated heterocycles. The van der Waals surface area contributed by atoms with E-state index >= 15 is 0 Å². The van der Waals surface area contributed by atoms with Gasteiger partial charge in [-0.15, -0.1) is 0 Å². The number of anilines is 1. The van der Waals surface area contributed by atoms with E-state index in [0.717, 1.165) is 28.3 Å². The van der Waals surface area contributed by atoms with E-state index in [2.05, 4.69) is 16.3 Å². The van der Waals surface area contributed by atoms with Crippen molar-refractivity contribution >= 4 is 44.5 Å². The molecule has 0 saturated carbocycles. The van der Waals surface area contributed by atoms with E-state index in [1.54, 1.807) is 16.2 Å². The lowest BCUT2D eigenvalue weighted by atomic mass is 10.3. The first-order chi connectivity index (χ1) is 12.6. The van der Waals surface area contributed by atoms with Crippen molar-refractivity contribution in [1.82, 2.24) is 20.1 Å². The van der Waals surface area contributed by atoms with Gasteiger partial charge in [-0.1, -0.05) is 23.5 Å². The number of fused-ring (bicyclic) bond motifs is 1. The molecular formula is C17H19N5O3S. The van der Waals surface area contributed by atoms with E-state index in [1.807, 2.05) is 18.2 Å². The lowest BCUT2D eigenvalue weighted by Crippen LogP contribution is -2.43. The number of amides is 4. The van der Waals surface area contributed by atoms with Gasteiger partial charge in [-0.2, -0.15) is 0 Å². The fraction of sp³-hybridized carbons (Fsp3) is 0.412. The summed E-state index contributed by atoms with van der Waals surface area (Å²) in [6, 6.07) is 7.56. The zero-order chi connectivity index (χ0) is 18.1. The number of imide groups is 1. The second kappa shape index (κ2) is 6.91. The van der Waals surface area contributed by atoms with Crippen LogP contribution in [0.4, 0.5) is 9.93 Å². The average Bonchev–Trinajstić information content (AvgIpc) is 3.08. The number of hydrogen-bond donors (Lipinski definition) is 1. The second-order valence-electron chi connectivity index (χ2n) is 6.39. The molecule has 0 radical (unpaired) electrons. The van der Waals surface area contributed by atoms with Gasteiger partial charge in [0.05, 0.1) is 10.2 Å². The molecule has 0 aliphatic carbocycles. The third-order valence-electron chi connectivity index (χ3n) is 4.60. The zero-order valence-corrected chi connectivity index (χ0v) is 15.0. The number of hydrogen-bond acceptors (Lipinski definition) is 6. The quantitative estimate of drug-likeness (QED) is 0.808. The van der Waals surface area contributed by atoms with Crippen molar-refractivity contribution in [2.75, 3.05) is 44.2 Å². The molecule has 2 aliphatic heterocycles. The van der Waals surface area contributed by atoms with E-state index in [1.165, 1.54) is 4.90 Å². The summed E-state index contributed by atoms with van der Waals surface area (Å²) in [4.78, 5) is 45.3. The number of para-hydroxylation sites is 1. The predicted molar refractivity (Wildman–Crippen MR) is 98.1 cm³/mol. The standard InChI is InChI=1S/C17H19N5O3S/c23-14-10-22(16(25)19-14)11-15(24)20-6-3-7-21(9-8-20)17-18-12-4-1-2-5-13(12)26-17/h1-2,4-5H,3,6-11H2,(H,19,23,25). The largest absolute Gasteiger partial charge is 0.346 e. The minimum Gasteiger partial charge on any atom is -0.346 e. The molecular weight excluding hydrogens is 354 g/mol. The fourth-order valence-corrected chi connectivity index (χ4v) is 4.24. The van der Waals surface area contributed by atoms with Crippen LogP contribution in [-0.2, 0) is 9.59 Å². The average molecular weight is 373 g/mol.